The zero-order chi connectivity index (χ0) is 20.9. The summed E-state index contributed by atoms with van der Waals surface area (Å²) in [5.41, 5.74) is 8.59. The molecular formula is C18H16ClN7O3. The van der Waals surface area contributed by atoms with Gasteiger partial charge in [0.2, 0.25) is 5.95 Å². The van der Waals surface area contributed by atoms with E-state index in [0.717, 1.165) is 11.3 Å². The molecule has 11 heteroatoms. The number of H-pyrrole nitrogens is 1. The van der Waals surface area contributed by atoms with Gasteiger partial charge in [0.15, 0.2) is 5.82 Å². The number of aromatic nitrogens is 5. The summed E-state index contributed by atoms with van der Waals surface area (Å²) < 4.78 is 1.71. The van der Waals surface area contributed by atoms with E-state index < -0.39 is 5.97 Å². The van der Waals surface area contributed by atoms with Crippen LogP contribution in [0.15, 0.2) is 18.5 Å². The number of carboxylic acid groups (broad SMARTS) is 1. The number of halogens is 1. The molecule has 4 heterocycles. The molecule has 0 radical (unpaired) electrons. The number of carboxylic acids is 1. The molecule has 3 aromatic heterocycles. The summed E-state index contributed by atoms with van der Waals surface area (Å²) in [7, 11) is 1.81. The van der Waals surface area contributed by atoms with Crippen molar-refractivity contribution in [3.63, 3.8) is 0 Å². The third-order valence-electron chi connectivity index (χ3n) is 4.78. The summed E-state index contributed by atoms with van der Waals surface area (Å²) in [6.07, 6.45) is 4.54. The Kier molecular flexibility index (Phi) is 4.35. The van der Waals surface area contributed by atoms with E-state index in [1.165, 1.54) is 23.2 Å². The molecule has 148 valence electrons. The predicted molar refractivity (Wildman–Crippen MR) is 106 cm³/mol. The van der Waals surface area contributed by atoms with Crippen molar-refractivity contribution < 1.29 is 14.7 Å². The first-order valence-electron chi connectivity index (χ1n) is 8.52. The maximum Gasteiger partial charge on any atom is 0.337 e. The summed E-state index contributed by atoms with van der Waals surface area (Å²) in [5, 5.41) is 13.3. The second kappa shape index (κ2) is 6.74. The smallest absolute Gasteiger partial charge is 0.337 e. The Morgan fingerprint density at radius 3 is 2.79 bits per heavy atom. The first kappa shape index (κ1) is 18.7. The molecule has 1 aliphatic rings. The number of fused-ring (bicyclic) bond motifs is 1. The average Bonchev–Trinajstić information content (AvgIpc) is 3.31. The molecule has 0 aliphatic carbocycles. The molecule has 29 heavy (non-hydrogen) atoms. The van der Waals surface area contributed by atoms with Crippen molar-refractivity contribution in [2.45, 2.75) is 13.5 Å². The lowest BCUT2D eigenvalue weighted by Gasteiger charge is -2.16. The molecule has 10 nitrogen and oxygen atoms in total. The fourth-order valence-corrected chi connectivity index (χ4v) is 3.41. The van der Waals surface area contributed by atoms with E-state index in [4.69, 9.17) is 22.4 Å². The molecule has 4 N–H and O–H groups in total. The van der Waals surface area contributed by atoms with E-state index in [0.29, 0.717) is 17.1 Å². The molecule has 3 aromatic rings. The first-order valence-corrected chi connectivity index (χ1v) is 8.90. The van der Waals surface area contributed by atoms with Gasteiger partial charge in [-0.2, -0.15) is 10.1 Å². The van der Waals surface area contributed by atoms with Gasteiger partial charge in [0, 0.05) is 30.2 Å². The number of nitrogens with one attached hydrogen (secondary N) is 1. The molecule has 0 saturated carbocycles. The Balaban J connectivity index is 1.82. The lowest BCUT2D eigenvalue weighted by atomic mass is 10.1. The van der Waals surface area contributed by atoms with Crippen LogP contribution in [0, 0.1) is 6.92 Å². The van der Waals surface area contributed by atoms with Crippen LogP contribution in [0.3, 0.4) is 0 Å². The molecule has 0 spiro atoms. The lowest BCUT2D eigenvalue weighted by molar-refractivity contribution is -0.113. The number of aromatic amines is 1. The Hall–Kier alpha value is -3.66. The van der Waals surface area contributed by atoms with Crippen LogP contribution in [-0.4, -0.2) is 41.7 Å². The highest BCUT2D eigenvalue weighted by Gasteiger charge is 2.37. The van der Waals surface area contributed by atoms with Gasteiger partial charge < -0.3 is 15.8 Å². The predicted octanol–water partition coefficient (Wildman–Crippen LogP) is 1.87. The van der Waals surface area contributed by atoms with E-state index >= 15 is 0 Å². The molecule has 0 fully saturated rings. The Morgan fingerprint density at radius 1 is 1.41 bits per heavy atom. The van der Waals surface area contributed by atoms with Gasteiger partial charge in [0.1, 0.15) is 5.15 Å². The van der Waals surface area contributed by atoms with Crippen LogP contribution in [-0.2, 0) is 18.4 Å². The highest BCUT2D eigenvalue weighted by molar-refractivity contribution is 6.41. The van der Waals surface area contributed by atoms with Crippen LogP contribution in [0.1, 0.15) is 32.9 Å². The zero-order valence-electron chi connectivity index (χ0n) is 15.5. The normalized spacial score (nSPS) is 14.7. The van der Waals surface area contributed by atoms with Crippen molar-refractivity contribution in [2.75, 3.05) is 10.6 Å². The van der Waals surface area contributed by atoms with Crippen LogP contribution < -0.4 is 10.6 Å². The Bertz CT molecular complexity index is 1190. The van der Waals surface area contributed by atoms with E-state index in [1.807, 2.05) is 14.0 Å². The van der Waals surface area contributed by atoms with Gasteiger partial charge in [-0.25, -0.2) is 9.78 Å². The highest BCUT2D eigenvalue weighted by Crippen LogP contribution is 2.41. The van der Waals surface area contributed by atoms with Crippen LogP contribution in [0.4, 0.5) is 11.8 Å². The molecular weight excluding hydrogens is 398 g/mol. The highest BCUT2D eigenvalue weighted by atomic mass is 35.5. The van der Waals surface area contributed by atoms with Gasteiger partial charge in [0.25, 0.3) is 5.91 Å². The van der Waals surface area contributed by atoms with Gasteiger partial charge in [0.05, 0.1) is 29.4 Å². The molecule has 0 aromatic carbocycles. The molecule has 0 unspecified atom stereocenters. The van der Waals surface area contributed by atoms with Gasteiger partial charge in [-0.3, -0.25) is 14.4 Å². The summed E-state index contributed by atoms with van der Waals surface area (Å²) in [6.45, 7) is 2.12. The second-order valence-electron chi connectivity index (χ2n) is 6.55. The standard InChI is InChI=1S/C18H16ClN7O3/c1-8-10(6-22-25(8)2)7-26-15-13(14(19)23-18(20)24-15)12(16(26)27)4-11-3-9(5-21-11)17(28)29/h3-6,21H,7H2,1-2H3,(H,28,29)(H2,20,23,24). The number of nitrogens with zero attached hydrogens (tertiary/aromatic N) is 5. The number of anilines is 2. The minimum atomic E-state index is -1.08. The monoisotopic (exact) mass is 413 g/mol. The van der Waals surface area contributed by atoms with Crippen molar-refractivity contribution >= 4 is 46.9 Å². The first-order chi connectivity index (χ1) is 13.8. The molecule has 0 bridgehead atoms. The SMILES string of the molecule is Cc1c(CN2C(=O)C(=Cc3cc(C(=O)O)c[nH]3)c3c(Cl)nc(N)nc32)cnn1C. The number of hydrogen-bond donors (Lipinski definition) is 3. The Labute approximate surface area is 169 Å². The fourth-order valence-electron chi connectivity index (χ4n) is 3.14. The number of rotatable bonds is 4. The van der Waals surface area contributed by atoms with Crippen LogP contribution in [0.25, 0.3) is 11.6 Å². The number of nitrogens with two attached hydrogens (primary N) is 1. The van der Waals surface area contributed by atoms with Gasteiger partial charge in [-0.05, 0) is 19.1 Å². The molecule has 0 atom stereocenters. The topological polar surface area (TPSA) is 143 Å². The summed E-state index contributed by atoms with van der Waals surface area (Å²) >= 11 is 6.29. The van der Waals surface area contributed by atoms with Crippen molar-refractivity contribution in [3.05, 3.63) is 51.7 Å². The minimum absolute atomic E-state index is 0.0440. The number of nitrogen functional groups attached to an aromatic ring is 1. The quantitative estimate of drug-likeness (QED) is 0.437. The van der Waals surface area contributed by atoms with Crippen molar-refractivity contribution in [2.24, 2.45) is 7.05 Å². The minimum Gasteiger partial charge on any atom is -0.478 e. The fraction of sp³-hybridized carbons (Fsp3) is 0.167. The lowest BCUT2D eigenvalue weighted by Crippen LogP contribution is -2.26. The van der Waals surface area contributed by atoms with Gasteiger partial charge in [-0.1, -0.05) is 11.6 Å². The molecule has 4 rings (SSSR count). The number of carbonyl (C=O) groups is 2. The summed E-state index contributed by atoms with van der Waals surface area (Å²) in [5.74, 6) is -1.18. The van der Waals surface area contributed by atoms with Crippen LogP contribution in [0.5, 0.6) is 0 Å². The third kappa shape index (κ3) is 3.13. The Morgan fingerprint density at radius 2 is 2.17 bits per heavy atom. The summed E-state index contributed by atoms with van der Waals surface area (Å²) in [4.78, 5) is 36.8. The number of amides is 1. The van der Waals surface area contributed by atoms with E-state index in [1.54, 1.807) is 10.9 Å². The van der Waals surface area contributed by atoms with Crippen LogP contribution >= 0.6 is 11.6 Å². The van der Waals surface area contributed by atoms with Gasteiger partial charge in [-0.15, -0.1) is 0 Å². The number of aromatic carboxylic acids is 1. The maximum atomic E-state index is 13.2. The van der Waals surface area contributed by atoms with Crippen LogP contribution in [0.2, 0.25) is 5.15 Å². The average molecular weight is 414 g/mol. The van der Waals surface area contributed by atoms with E-state index in [2.05, 4.69) is 20.1 Å². The number of hydrogen-bond acceptors (Lipinski definition) is 6. The molecule has 1 amide bonds. The second-order valence-corrected chi connectivity index (χ2v) is 6.91. The largest absolute Gasteiger partial charge is 0.478 e. The maximum absolute atomic E-state index is 13.2. The number of carbonyl (C=O) groups excluding carboxylic acids is 1. The van der Waals surface area contributed by atoms with E-state index in [-0.39, 0.29) is 34.7 Å². The molecule has 1 aliphatic heterocycles. The van der Waals surface area contributed by atoms with Gasteiger partial charge >= 0.3 is 5.97 Å². The van der Waals surface area contributed by atoms with Crippen molar-refractivity contribution in [3.8, 4) is 0 Å². The van der Waals surface area contributed by atoms with Crippen molar-refractivity contribution in [1.82, 2.24) is 24.7 Å². The third-order valence-corrected chi connectivity index (χ3v) is 5.05. The van der Waals surface area contributed by atoms with Crippen molar-refractivity contribution in [1.29, 1.82) is 0 Å². The molecule has 0 saturated heterocycles. The number of aryl methyl sites for hydroxylation is 1. The van der Waals surface area contributed by atoms with E-state index in [9.17, 15) is 9.59 Å². The zero-order valence-corrected chi connectivity index (χ0v) is 16.2. The summed E-state index contributed by atoms with van der Waals surface area (Å²) in [6, 6.07) is 1.42.